The van der Waals surface area contributed by atoms with Crippen molar-refractivity contribution in [2.45, 2.75) is 6.18 Å². The predicted molar refractivity (Wildman–Crippen MR) is 106 cm³/mol. The lowest BCUT2D eigenvalue weighted by atomic mass is 10.2. The van der Waals surface area contributed by atoms with Crippen LogP contribution in [0.5, 0.6) is 0 Å². The van der Waals surface area contributed by atoms with Crippen molar-refractivity contribution < 1.29 is 22.4 Å². The van der Waals surface area contributed by atoms with E-state index < -0.39 is 23.5 Å². The summed E-state index contributed by atoms with van der Waals surface area (Å²) in [4.78, 5) is 27.1. The SMILES string of the molecule is O=C(Nc1cc(C(F)(F)F)ccn1)c1cc2nc(Nc3c(F)cccc3Cl)[nH]c2cn1. The summed E-state index contributed by atoms with van der Waals surface area (Å²) in [5.74, 6) is -1.48. The monoisotopic (exact) mass is 450 g/mol. The first-order chi connectivity index (χ1) is 14.7. The molecule has 0 atom stereocenters. The Morgan fingerprint density at radius 2 is 1.94 bits per heavy atom. The molecule has 158 valence electrons. The molecule has 7 nitrogen and oxygen atoms in total. The highest BCUT2D eigenvalue weighted by atomic mass is 35.5. The van der Waals surface area contributed by atoms with Gasteiger partial charge in [-0.05, 0) is 30.3 Å². The molecule has 0 unspecified atom stereocenters. The molecule has 0 fully saturated rings. The van der Waals surface area contributed by atoms with E-state index in [1.807, 2.05) is 0 Å². The topological polar surface area (TPSA) is 95.6 Å². The minimum atomic E-state index is -4.57. The van der Waals surface area contributed by atoms with E-state index in [1.165, 1.54) is 30.5 Å². The molecular weight excluding hydrogens is 440 g/mol. The van der Waals surface area contributed by atoms with Crippen molar-refractivity contribution in [1.29, 1.82) is 0 Å². The zero-order valence-electron chi connectivity index (χ0n) is 15.3. The first-order valence-corrected chi connectivity index (χ1v) is 9.00. The Morgan fingerprint density at radius 3 is 2.68 bits per heavy atom. The summed E-state index contributed by atoms with van der Waals surface area (Å²) in [6.07, 6.45) is -2.32. The number of hydrogen-bond acceptors (Lipinski definition) is 5. The van der Waals surface area contributed by atoms with E-state index in [9.17, 15) is 22.4 Å². The average molecular weight is 451 g/mol. The number of fused-ring (bicyclic) bond motifs is 1. The van der Waals surface area contributed by atoms with Crippen LogP contribution < -0.4 is 10.6 Å². The summed E-state index contributed by atoms with van der Waals surface area (Å²) in [6, 6.07) is 7.01. The molecule has 0 saturated carbocycles. The number of H-pyrrole nitrogens is 1. The van der Waals surface area contributed by atoms with Crippen molar-refractivity contribution in [1.82, 2.24) is 19.9 Å². The van der Waals surface area contributed by atoms with Gasteiger partial charge in [0, 0.05) is 6.20 Å². The van der Waals surface area contributed by atoms with Crippen LogP contribution in [0.3, 0.4) is 0 Å². The lowest BCUT2D eigenvalue weighted by Crippen LogP contribution is -2.15. The highest BCUT2D eigenvalue weighted by Gasteiger charge is 2.31. The molecule has 3 heterocycles. The number of alkyl halides is 3. The fourth-order valence-corrected chi connectivity index (χ4v) is 2.89. The zero-order chi connectivity index (χ0) is 22.2. The summed E-state index contributed by atoms with van der Waals surface area (Å²) in [6.45, 7) is 0. The number of rotatable bonds is 4. The number of anilines is 3. The quantitative estimate of drug-likeness (QED) is 0.373. The van der Waals surface area contributed by atoms with Crippen LogP contribution >= 0.6 is 11.6 Å². The Hall–Kier alpha value is -3.73. The smallest absolute Gasteiger partial charge is 0.323 e. The fourth-order valence-electron chi connectivity index (χ4n) is 2.68. The largest absolute Gasteiger partial charge is 0.416 e. The minimum Gasteiger partial charge on any atom is -0.323 e. The fraction of sp³-hybridized carbons (Fsp3) is 0.0526. The van der Waals surface area contributed by atoms with Crippen molar-refractivity contribution in [2.75, 3.05) is 10.6 Å². The molecule has 0 spiro atoms. The van der Waals surface area contributed by atoms with Gasteiger partial charge in [0.05, 0.1) is 33.5 Å². The van der Waals surface area contributed by atoms with Crippen LogP contribution in [-0.2, 0) is 6.18 Å². The number of nitrogens with one attached hydrogen (secondary N) is 3. The lowest BCUT2D eigenvalue weighted by molar-refractivity contribution is -0.137. The molecular formula is C19H11ClF4N6O. The summed E-state index contributed by atoms with van der Waals surface area (Å²) in [5, 5.41) is 5.13. The van der Waals surface area contributed by atoms with Crippen LogP contribution in [0.2, 0.25) is 5.02 Å². The first-order valence-electron chi connectivity index (χ1n) is 8.62. The molecule has 0 aliphatic heterocycles. The van der Waals surface area contributed by atoms with Crippen LogP contribution in [0.1, 0.15) is 16.1 Å². The molecule has 0 saturated heterocycles. The molecule has 12 heteroatoms. The van der Waals surface area contributed by atoms with Gasteiger partial charge >= 0.3 is 6.18 Å². The van der Waals surface area contributed by atoms with Gasteiger partial charge in [0.1, 0.15) is 17.3 Å². The van der Waals surface area contributed by atoms with E-state index in [0.717, 1.165) is 12.3 Å². The van der Waals surface area contributed by atoms with Gasteiger partial charge in [0.15, 0.2) is 0 Å². The van der Waals surface area contributed by atoms with E-state index in [2.05, 4.69) is 30.6 Å². The van der Waals surface area contributed by atoms with Gasteiger partial charge in [-0.3, -0.25) is 4.79 Å². The number of hydrogen-bond donors (Lipinski definition) is 3. The number of benzene rings is 1. The maximum atomic E-state index is 13.9. The molecule has 4 rings (SSSR count). The van der Waals surface area contributed by atoms with E-state index in [1.54, 1.807) is 0 Å². The van der Waals surface area contributed by atoms with Crippen molar-refractivity contribution in [3.63, 3.8) is 0 Å². The number of aromatic nitrogens is 4. The highest BCUT2D eigenvalue weighted by molar-refractivity contribution is 6.33. The van der Waals surface area contributed by atoms with Gasteiger partial charge in [-0.25, -0.2) is 19.3 Å². The number of pyridine rings is 2. The number of halogens is 5. The van der Waals surface area contributed by atoms with Gasteiger partial charge in [-0.1, -0.05) is 17.7 Å². The van der Waals surface area contributed by atoms with Gasteiger partial charge in [0.2, 0.25) is 5.95 Å². The lowest BCUT2D eigenvalue weighted by Gasteiger charge is -2.08. The Kier molecular flexibility index (Phi) is 5.19. The Morgan fingerprint density at radius 1 is 1.13 bits per heavy atom. The maximum absolute atomic E-state index is 13.9. The predicted octanol–water partition coefficient (Wildman–Crippen LogP) is 5.16. The Labute approximate surface area is 176 Å². The Balaban J connectivity index is 1.56. The van der Waals surface area contributed by atoms with Gasteiger partial charge in [-0.2, -0.15) is 13.2 Å². The molecule has 0 radical (unpaired) electrons. The number of carbonyl (C=O) groups excluding carboxylic acids is 1. The second kappa shape index (κ2) is 7.84. The molecule has 0 aliphatic rings. The van der Waals surface area contributed by atoms with Crippen LogP contribution in [0.25, 0.3) is 11.0 Å². The first kappa shape index (κ1) is 20.5. The highest BCUT2D eigenvalue weighted by Crippen LogP contribution is 2.30. The second-order valence-corrected chi connectivity index (χ2v) is 6.68. The molecule has 1 amide bonds. The van der Waals surface area contributed by atoms with Crippen molar-refractivity contribution in [3.8, 4) is 0 Å². The number of nitrogens with zero attached hydrogens (tertiary/aromatic N) is 3. The van der Waals surface area contributed by atoms with Crippen molar-refractivity contribution in [3.05, 3.63) is 70.9 Å². The summed E-state index contributed by atoms with van der Waals surface area (Å²) >= 11 is 5.98. The standard InChI is InChI=1S/C19H11ClF4N6O/c20-10-2-1-3-11(21)16(10)30-18-27-12-7-13(26-8-14(12)28-18)17(31)29-15-6-9(4-5-25-15)19(22,23)24/h1-8H,(H,25,29,31)(H2,27,28,30). The number of amides is 1. The zero-order valence-corrected chi connectivity index (χ0v) is 16.0. The number of imidazole rings is 1. The number of carbonyl (C=O) groups is 1. The third-order valence-corrected chi connectivity index (χ3v) is 4.45. The van der Waals surface area contributed by atoms with Crippen LogP contribution in [0.4, 0.5) is 35.0 Å². The third kappa shape index (κ3) is 4.40. The third-order valence-electron chi connectivity index (χ3n) is 4.14. The second-order valence-electron chi connectivity index (χ2n) is 6.28. The van der Waals surface area contributed by atoms with Crippen LogP contribution in [0.15, 0.2) is 48.8 Å². The van der Waals surface area contributed by atoms with Crippen molar-refractivity contribution in [2.24, 2.45) is 0 Å². The molecule has 0 aliphatic carbocycles. The van der Waals surface area contributed by atoms with E-state index >= 15 is 0 Å². The van der Waals surface area contributed by atoms with E-state index in [4.69, 9.17) is 11.6 Å². The van der Waals surface area contributed by atoms with E-state index in [-0.39, 0.29) is 28.2 Å². The van der Waals surface area contributed by atoms with Gasteiger partial charge in [-0.15, -0.1) is 0 Å². The summed E-state index contributed by atoms with van der Waals surface area (Å²) in [5.41, 5.74) is -0.287. The molecule has 3 N–H and O–H groups in total. The maximum Gasteiger partial charge on any atom is 0.416 e. The molecule has 31 heavy (non-hydrogen) atoms. The van der Waals surface area contributed by atoms with Gasteiger partial charge in [0.25, 0.3) is 5.91 Å². The van der Waals surface area contributed by atoms with Gasteiger partial charge < -0.3 is 15.6 Å². The van der Waals surface area contributed by atoms with E-state index in [0.29, 0.717) is 17.1 Å². The van der Waals surface area contributed by atoms with Crippen LogP contribution in [0, 0.1) is 5.82 Å². The number of aromatic amines is 1. The summed E-state index contributed by atoms with van der Waals surface area (Å²) < 4.78 is 52.4. The normalized spacial score (nSPS) is 11.5. The summed E-state index contributed by atoms with van der Waals surface area (Å²) in [7, 11) is 0. The Bertz CT molecular complexity index is 1270. The van der Waals surface area contributed by atoms with Crippen LogP contribution in [-0.4, -0.2) is 25.8 Å². The molecule has 4 aromatic rings. The molecule has 0 bridgehead atoms. The molecule has 3 aromatic heterocycles. The average Bonchev–Trinajstić information content (AvgIpc) is 3.12. The molecule has 1 aromatic carbocycles. The minimum absolute atomic E-state index is 0.0183. The van der Waals surface area contributed by atoms with Crippen molar-refractivity contribution >= 4 is 46.0 Å². The number of para-hydroxylation sites is 1.